The molecule has 1 aromatic rings. The second-order valence-electron chi connectivity index (χ2n) is 3.88. The van der Waals surface area contributed by atoms with Gasteiger partial charge in [-0.3, -0.25) is 0 Å². The highest BCUT2D eigenvalue weighted by Gasteiger charge is 2.02. The van der Waals surface area contributed by atoms with Crippen molar-refractivity contribution in [2.75, 3.05) is 24.7 Å². The first-order chi connectivity index (χ1) is 7.83. The van der Waals surface area contributed by atoms with Crippen LogP contribution in [0.4, 0.5) is 0 Å². The molecule has 2 N–H and O–H groups in total. The fraction of sp³-hybridized carbons (Fsp3) is 0.667. The Morgan fingerprint density at radius 3 is 3.06 bits per heavy atom. The summed E-state index contributed by atoms with van der Waals surface area (Å²) >= 11 is 3.67. The Kier molecular flexibility index (Phi) is 7.93. The minimum absolute atomic E-state index is 0.314. The molecule has 1 atom stereocenters. The lowest BCUT2D eigenvalue weighted by Crippen LogP contribution is -2.29. The predicted molar refractivity (Wildman–Crippen MR) is 74.5 cm³/mol. The Balaban J connectivity index is 1.96. The van der Waals surface area contributed by atoms with Crippen LogP contribution in [0.15, 0.2) is 16.8 Å². The molecule has 1 rings (SSSR count). The van der Waals surface area contributed by atoms with Crippen molar-refractivity contribution in [3.05, 3.63) is 22.4 Å². The fourth-order valence-electron chi connectivity index (χ4n) is 1.48. The van der Waals surface area contributed by atoms with E-state index in [-0.39, 0.29) is 0 Å². The molecule has 1 unspecified atom stereocenters. The first-order valence-electron chi connectivity index (χ1n) is 5.76. The first-order valence-corrected chi connectivity index (χ1v) is 7.85. The summed E-state index contributed by atoms with van der Waals surface area (Å²) in [7, 11) is 0. The first kappa shape index (κ1) is 14.0. The molecule has 1 aromatic heterocycles. The third kappa shape index (κ3) is 6.53. The lowest BCUT2D eigenvalue weighted by Gasteiger charge is -2.12. The van der Waals surface area contributed by atoms with Crippen molar-refractivity contribution >= 4 is 23.1 Å². The maximum Gasteiger partial charge on any atom is 0.0438 e. The van der Waals surface area contributed by atoms with Gasteiger partial charge in [0.2, 0.25) is 0 Å². The van der Waals surface area contributed by atoms with Crippen LogP contribution in [0.5, 0.6) is 0 Å². The van der Waals surface area contributed by atoms with E-state index in [4.69, 9.17) is 5.11 Å². The molecule has 16 heavy (non-hydrogen) atoms. The van der Waals surface area contributed by atoms with Gasteiger partial charge in [-0.2, -0.15) is 23.1 Å². The third-order valence-corrected chi connectivity index (χ3v) is 4.11. The standard InChI is InChI=1S/C12H21NOS2/c1-11(9-12-3-7-16-10-12)13-4-8-15-6-2-5-14/h3,7,10-11,13-14H,2,4-6,8-9H2,1H3. The zero-order valence-electron chi connectivity index (χ0n) is 9.82. The lowest BCUT2D eigenvalue weighted by atomic mass is 10.1. The maximum absolute atomic E-state index is 8.63. The minimum atomic E-state index is 0.314. The topological polar surface area (TPSA) is 32.3 Å². The number of aliphatic hydroxyl groups excluding tert-OH is 1. The summed E-state index contributed by atoms with van der Waals surface area (Å²) in [5.41, 5.74) is 1.43. The molecule has 0 amide bonds. The summed E-state index contributed by atoms with van der Waals surface area (Å²) in [6.45, 7) is 3.60. The molecule has 0 spiro atoms. The molecule has 0 aromatic carbocycles. The number of hydrogen-bond acceptors (Lipinski definition) is 4. The van der Waals surface area contributed by atoms with E-state index in [0.717, 1.165) is 30.9 Å². The van der Waals surface area contributed by atoms with Crippen LogP contribution in [0, 0.1) is 0 Å². The van der Waals surface area contributed by atoms with E-state index in [9.17, 15) is 0 Å². The van der Waals surface area contributed by atoms with Crippen LogP contribution in [0.2, 0.25) is 0 Å². The highest BCUT2D eigenvalue weighted by atomic mass is 32.2. The van der Waals surface area contributed by atoms with Crippen molar-refractivity contribution in [1.29, 1.82) is 0 Å². The molecular formula is C12H21NOS2. The Labute approximate surface area is 106 Å². The molecule has 0 aliphatic carbocycles. The van der Waals surface area contributed by atoms with Crippen molar-refractivity contribution in [3.8, 4) is 0 Å². The van der Waals surface area contributed by atoms with Gasteiger partial charge in [-0.15, -0.1) is 0 Å². The van der Waals surface area contributed by atoms with Gasteiger partial charge in [-0.25, -0.2) is 0 Å². The van der Waals surface area contributed by atoms with Crippen LogP contribution < -0.4 is 5.32 Å². The van der Waals surface area contributed by atoms with Crippen LogP contribution in [0.1, 0.15) is 18.9 Å². The van der Waals surface area contributed by atoms with Crippen molar-refractivity contribution in [2.24, 2.45) is 0 Å². The largest absolute Gasteiger partial charge is 0.396 e. The molecule has 4 heteroatoms. The number of thiophene rings is 1. The number of nitrogens with one attached hydrogen (secondary N) is 1. The second-order valence-corrected chi connectivity index (χ2v) is 5.89. The van der Waals surface area contributed by atoms with Crippen LogP contribution >= 0.6 is 23.1 Å². The highest BCUT2D eigenvalue weighted by molar-refractivity contribution is 7.99. The Morgan fingerprint density at radius 2 is 2.38 bits per heavy atom. The summed E-state index contributed by atoms with van der Waals surface area (Å²) in [5.74, 6) is 2.20. The van der Waals surface area contributed by atoms with Gasteiger partial charge < -0.3 is 10.4 Å². The van der Waals surface area contributed by atoms with E-state index in [0.29, 0.717) is 12.6 Å². The van der Waals surface area contributed by atoms with E-state index in [1.807, 2.05) is 11.8 Å². The predicted octanol–water partition coefficient (Wildman–Crippen LogP) is 2.38. The zero-order chi connectivity index (χ0) is 11.6. The van der Waals surface area contributed by atoms with Gasteiger partial charge in [-0.1, -0.05) is 0 Å². The van der Waals surface area contributed by atoms with Gasteiger partial charge in [0, 0.05) is 24.9 Å². The van der Waals surface area contributed by atoms with Gasteiger partial charge in [-0.05, 0) is 47.9 Å². The van der Waals surface area contributed by atoms with Gasteiger partial charge in [0.1, 0.15) is 0 Å². The van der Waals surface area contributed by atoms with Crippen molar-refractivity contribution < 1.29 is 5.11 Å². The Hall–Kier alpha value is -0.0300. The molecule has 2 nitrogen and oxygen atoms in total. The lowest BCUT2D eigenvalue weighted by molar-refractivity contribution is 0.296. The molecule has 1 heterocycles. The maximum atomic E-state index is 8.63. The molecule has 0 radical (unpaired) electrons. The van der Waals surface area contributed by atoms with Gasteiger partial charge in [0.15, 0.2) is 0 Å². The average Bonchev–Trinajstić information content (AvgIpc) is 2.76. The van der Waals surface area contributed by atoms with Crippen LogP contribution in [0.25, 0.3) is 0 Å². The quantitative estimate of drug-likeness (QED) is 0.668. The van der Waals surface area contributed by atoms with Crippen molar-refractivity contribution in [3.63, 3.8) is 0 Å². The Morgan fingerprint density at radius 1 is 1.50 bits per heavy atom. The minimum Gasteiger partial charge on any atom is -0.396 e. The summed E-state index contributed by atoms with van der Waals surface area (Å²) in [6, 6.07) is 2.74. The molecule has 0 aliphatic heterocycles. The van der Waals surface area contributed by atoms with Crippen LogP contribution in [-0.4, -0.2) is 35.8 Å². The number of thioether (sulfide) groups is 1. The molecule has 0 saturated heterocycles. The van der Waals surface area contributed by atoms with Crippen molar-refractivity contribution in [2.45, 2.75) is 25.8 Å². The second kappa shape index (κ2) is 9.05. The molecule has 92 valence electrons. The molecular weight excluding hydrogens is 238 g/mol. The van der Waals surface area contributed by atoms with Gasteiger partial charge >= 0.3 is 0 Å². The van der Waals surface area contributed by atoms with Gasteiger partial charge in [0.25, 0.3) is 0 Å². The van der Waals surface area contributed by atoms with Crippen LogP contribution in [0.3, 0.4) is 0 Å². The number of aliphatic hydroxyl groups is 1. The van der Waals surface area contributed by atoms with Crippen molar-refractivity contribution in [1.82, 2.24) is 5.32 Å². The van der Waals surface area contributed by atoms with E-state index in [1.54, 1.807) is 11.3 Å². The van der Waals surface area contributed by atoms with Gasteiger partial charge in [0.05, 0.1) is 0 Å². The third-order valence-electron chi connectivity index (χ3n) is 2.31. The Bertz CT molecular complexity index is 252. The van der Waals surface area contributed by atoms with Crippen LogP contribution in [-0.2, 0) is 6.42 Å². The number of rotatable bonds is 9. The van der Waals surface area contributed by atoms with E-state index in [1.165, 1.54) is 5.56 Å². The zero-order valence-corrected chi connectivity index (χ0v) is 11.4. The monoisotopic (exact) mass is 259 g/mol. The average molecular weight is 259 g/mol. The van der Waals surface area contributed by atoms with E-state index >= 15 is 0 Å². The molecule has 0 saturated carbocycles. The van der Waals surface area contributed by atoms with E-state index < -0.39 is 0 Å². The molecule has 0 fully saturated rings. The SMILES string of the molecule is CC(Cc1ccsc1)NCCSCCCO. The normalized spacial score (nSPS) is 12.9. The fourth-order valence-corrected chi connectivity index (χ4v) is 2.96. The summed E-state index contributed by atoms with van der Waals surface area (Å²) in [5, 5.41) is 16.5. The van der Waals surface area contributed by atoms with E-state index in [2.05, 4.69) is 29.1 Å². The smallest absolute Gasteiger partial charge is 0.0438 e. The molecule has 0 bridgehead atoms. The summed E-state index contributed by atoms with van der Waals surface area (Å²) in [6.07, 6.45) is 2.03. The summed E-state index contributed by atoms with van der Waals surface area (Å²) < 4.78 is 0. The number of hydrogen-bond donors (Lipinski definition) is 2. The summed E-state index contributed by atoms with van der Waals surface area (Å²) in [4.78, 5) is 0. The molecule has 0 aliphatic rings. The highest BCUT2D eigenvalue weighted by Crippen LogP contribution is 2.08.